The SMILES string of the molecule is C=C(CN1C(=C)N(C)[C@@](C)(c2ccc3ccccc3c2)C1=C)N1CCC(N2C(=C)Nc3ccccc32)CC1. The molecule has 2 saturated heterocycles. The molecule has 0 unspecified atom stereocenters. The van der Waals surface area contributed by atoms with Gasteiger partial charge in [0.05, 0.1) is 17.9 Å². The average Bonchev–Trinajstić information content (AvgIpc) is 3.36. The fraction of sp³-hybridized carbons (Fsp3) is 0.273. The van der Waals surface area contributed by atoms with Crippen molar-refractivity contribution in [2.45, 2.75) is 31.3 Å². The molecular weight excluding hydrogens is 466 g/mol. The maximum absolute atomic E-state index is 4.58. The van der Waals surface area contributed by atoms with E-state index in [1.165, 1.54) is 22.0 Å². The first-order valence-electron chi connectivity index (χ1n) is 13.4. The van der Waals surface area contributed by atoms with Crippen LogP contribution in [-0.4, -0.2) is 47.4 Å². The van der Waals surface area contributed by atoms with Crippen LogP contribution in [0, 0.1) is 0 Å². The van der Waals surface area contributed by atoms with Gasteiger partial charge in [-0.05, 0) is 54.3 Å². The van der Waals surface area contributed by atoms with Crippen LogP contribution in [0.25, 0.3) is 10.8 Å². The van der Waals surface area contributed by atoms with Gasteiger partial charge in [-0.2, -0.15) is 0 Å². The monoisotopic (exact) mass is 503 g/mol. The van der Waals surface area contributed by atoms with E-state index in [0.29, 0.717) is 12.6 Å². The quantitative estimate of drug-likeness (QED) is 0.419. The number of likely N-dealkylation sites (N-methyl/N-ethyl adjacent to an activating group) is 1. The third-order valence-electron chi connectivity index (χ3n) is 8.92. The largest absolute Gasteiger partial charge is 0.374 e. The van der Waals surface area contributed by atoms with E-state index < -0.39 is 0 Å². The second-order valence-electron chi connectivity index (χ2n) is 10.9. The van der Waals surface area contributed by atoms with Gasteiger partial charge in [0.15, 0.2) is 0 Å². The van der Waals surface area contributed by atoms with Gasteiger partial charge in [0, 0.05) is 37.6 Å². The van der Waals surface area contributed by atoms with Gasteiger partial charge in [-0.1, -0.05) is 74.8 Å². The fourth-order valence-electron chi connectivity index (χ4n) is 6.38. The Morgan fingerprint density at radius 2 is 1.63 bits per heavy atom. The molecule has 0 amide bonds. The van der Waals surface area contributed by atoms with Crippen molar-refractivity contribution in [3.63, 3.8) is 0 Å². The van der Waals surface area contributed by atoms with Crippen molar-refractivity contribution in [3.05, 3.63) is 122 Å². The second kappa shape index (κ2) is 9.02. The number of hydrogen-bond donors (Lipinski definition) is 1. The van der Waals surface area contributed by atoms with E-state index in [1.54, 1.807) is 0 Å². The number of benzene rings is 3. The lowest BCUT2D eigenvalue weighted by molar-refractivity contribution is 0.243. The minimum absolute atomic E-state index is 0.370. The Labute approximate surface area is 226 Å². The van der Waals surface area contributed by atoms with Gasteiger partial charge in [0.2, 0.25) is 0 Å². The predicted octanol–water partition coefficient (Wildman–Crippen LogP) is 6.67. The Balaban J connectivity index is 1.14. The van der Waals surface area contributed by atoms with Crippen molar-refractivity contribution in [1.82, 2.24) is 14.7 Å². The average molecular weight is 504 g/mol. The molecule has 3 heterocycles. The third-order valence-corrected chi connectivity index (χ3v) is 8.92. The van der Waals surface area contributed by atoms with Gasteiger partial charge in [0.1, 0.15) is 17.2 Å². The van der Waals surface area contributed by atoms with Crippen LogP contribution >= 0.6 is 0 Å². The predicted molar refractivity (Wildman–Crippen MR) is 159 cm³/mol. The Morgan fingerprint density at radius 3 is 2.39 bits per heavy atom. The van der Waals surface area contributed by atoms with Crippen LogP contribution in [0.2, 0.25) is 0 Å². The molecule has 5 heteroatoms. The van der Waals surface area contributed by atoms with Crippen LogP contribution in [0.5, 0.6) is 0 Å². The summed E-state index contributed by atoms with van der Waals surface area (Å²) in [5.74, 6) is 1.93. The first-order valence-corrected chi connectivity index (χ1v) is 13.4. The number of nitrogens with zero attached hydrogens (tertiary/aromatic N) is 4. The Morgan fingerprint density at radius 1 is 0.947 bits per heavy atom. The van der Waals surface area contributed by atoms with E-state index in [1.807, 2.05) is 0 Å². The van der Waals surface area contributed by atoms with Crippen molar-refractivity contribution < 1.29 is 0 Å². The van der Waals surface area contributed by atoms with Gasteiger partial charge in [-0.3, -0.25) is 0 Å². The van der Waals surface area contributed by atoms with Crippen molar-refractivity contribution in [1.29, 1.82) is 0 Å². The van der Waals surface area contributed by atoms with E-state index in [2.05, 4.69) is 132 Å². The number of nitrogens with one attached hydrogen (secondary N) is 1. The van der Waals surface area contributed by atoms with Crippen molar-refractivity contribution >= 4 is 22.1 Å². The zero-order valence-corrected chi connectivity index (χ0v) is 22.6. The summed E-state index contributed by atoms with van der Waals surface area (Å²) in [6.07, 6.45) is 2.12. The summed E-state index contributed by atoms with van der Waals surface area (Å²) in [4.78, 5) is 9.30. The molecular formula is C33H37N5. The Bertz CT molecular complexity index is 1460. The number of rotatable bonds is 5. The van der Waals surface area contributed by atoms with Gasteiger partial charge >= 0.3 is 0 Å². The number of piperidine rings is 1. The molecule has 1 N–H and O–H groups in total. The van der Waals surface area contributed by atoms with E-state index in [-0.39, 0.29) is 5.54 Å². The Hall–Kier alpha value is -4.12. The molecule has 0 aromatic heterocycles. The topological polar surface area (TPSA) is 25.0 Å². The highest BCUT2D eigenvalue weighted by Gasteiger charge is 2.46. The van der Waals surface area contributed by atoms with Crippen molar-refractivity contribution in [2.24, 2.45) is 0 Å². The number of fused-ring (bicyclic) bond motifs is 2. The minimum Gasteiger partial charge on any atom is -0.374 e. The molecule has 2 fully saturated rings. The highest BCUT2D eigenvalue weighted by atomic mass is 15.4. The first kappa shape index (κ1) is 24.2. The van der Waals surface area contributed by atoms with Crippen molar-refractivity contribution in [3.8, 4) is 0 Å². The van der Waals surface area contributed by atoms with Crippen LogP contribution in [0.4, 0.5) is 11.4 Å². The van der Waals surface area contributed by atoms with Crippen LogP contribution in [-0.2, 0) is 5.54 Å². The molecule has 38 heavy (non-hydrogen) atoms. The molecule has 0 saturated carbocycles. The fourth-order valence-corrected chi connectivity index (χ4v) is 6.38. The third kappa shape index (κ3) is 3.68. The zero-order valence-electron chi connectivity index (χ0n) is 22.6. The number of hydrogen-bond acceptors (Lipinski definition) is 5. The second-order valence-corrected chi connectivity index (χ2v) is 10.9. The minimum atomic E-state index is -0.370. The smallest absolute Gasteiger partial charge is 0.103 e. The molecule has 3 aromatic rings. The van der Waals surface area contributed by atoms with E-state index in [9.17, 15) is 0 Å². The van der Waals surface area contributed by atoms with Gasteiger partial charge in [-0.25, -0.2) is 0 Å². The lowest BCUT2D eigenvalue weighted by Crippen LogP contribution is -2.44. The maximum Gasteiger partial charge on any atom is 0.103 e. The molecule has 5 nitrogen and oxygen atoms in total. The lowest BCUT2D eigenvalue weighted by atomic mass is 9.87. The molecule has 0 radical (unpaired) electrons. The summed E-state index contributed by atoms with van der Waals surface area (Å²) in [5, 5.41) is 5.93. The van der Waals surface area contributed by atoms with E-state index in [0.717, 1.165) is 54.7 Å². The zero-order chi connectivity index (χ0) is 26.6. The molecule has 1 atom stereocenters. The first-order chi connectivity index (χ1) is 18.3. The molecule has 6 rings (SSSR count). The molecule has 0 aliphatic carbocycles. The summed E-state index contributed by atoms with van der Waals surface area (Å²) in [6, 6.07) is 24.1. The summed E-state index contributed by atoms with van der Waals surface area (Å²) < 4.78 is 0. The summed E-state index contributed by atoms with van der Waals surface area (Å²) in [7, 11) is 2.12. The van der Waals surface area contributed by atoms with E-state index >= 15 is 0 Å². The molecule has 194 valence electrons. The Kier molecular flexibility index (Phi) is 5.75. The van der Waals surface area contributed by atoms with Crippen LogP contribution in [0.15, 0.2) is 116 Å². The highest BCUT2D eigenvalue weighted by molar-refractivity contribution is 5.83. The standard InChI is InChI=1S/C33H37N5/c1-23(36-19-17-30(18-20-36)38-25(3)34-31-13-9-10-14-32(31)38)22-37-24(2)33(5,35(6)26(37)4)29-16-15-27-11-7-8-12-28(27)21-29/h7-16,21,30,34H,1-4,17-20,22H2,5-6H3/t33-/m1/s1. The van der Waals surface area contributed by atoms with Gasteiger partial charge in [0.25, 0.3) is 0 Å². The maximum atomic E-state index is 4.58. The normalized spacial score (nSPS) is 21.9. The lowest BCUT2D eigenvalue weighted by Gasteiger charge is -2.40. The molecule has 3 aromatic carbocycles. The molecule has 3 aliphatic rings. The highest BCUT2D eigenvalue weighted by Crippen LogP contribution is 2.46. The van der Waals surface area contributed by atoms with Crippen LogP contribution in [0.1, 0.15) is 25.3 Å². The molecule has 0 spiro atoms. The van der Waals surface area contributed by atoms with Crippen molar-refractivity contribution in [2.75, 3.05) is 36.9 Å². The molecule has 0 bridgehead atoms. The van der Waals surface area contributed by atoms with Gasteiger partial charge in [-0.15, -0.1) is 0 Å². The number of likely N-dealkylation sites (tertiary alicyclic amines) is 1. The van der Waals surface area contributed by atoms with Crippen LogP contribution < -0.4 is 10.2 Å². The summed E-state index contributed by atoms with van der Waals surface area (Å²) in [5.41, 5.74) is 5.38. The number of para-hydroxylation sites is 2. The summed E-state index contributed by atoms with van der Waals surface area (Å²) >= 11 is 0. The van der Waals surface area contributed by atoms with Crippen LogP contribution in [0.3, 0.4) is 0 Å². The number of anilines is 2. The van der Waals surface area contributed by atoms with Gasteiger partial charge < -0.3 is 24.9 Å². The van der Waals surface area contributed by atoms with E-state index in [4.69, 9.17) is 0 Å². The molecule has 3 aliphatic heterocycles. The summed E-state index contributed by atoms with van der Waals surface area (Å²) in [6.45, 7) is 22.7.